The lowest BCUT2D eigenvalue weighted by molar-refractivity contribution is -0.185. The Labute approximate surface area is 98.3 Å². The van der Waals surface area contributed by atoms with Crippen molar-refractivity contribution in [3.63, 3.8) is 0 Å². The Hall–Kier alpha value is 0.210. The monoisotopic (exact) mass is 234 g/mol. The molecule has 0 saturated carbocycles. The fourth-order valence-electron chi connectivity index (χ4n) is 1.85. The van der Waals surface area contributed by atoms with E-state index in [0.29, 0.717) is 6.10 Å². The van der Waals surface area contributed by atoms with Crippen molar-refractivity contribution in [2.45, 2.75) is 64.3 Å². The molecule has 1 rings (SSSR count). The first kappa shape index (κ1) is 13.3. The zero-order valence-electron chi connectivity index (χ0n) is 9.71. The lowest BCUT2D eigenvalue weighted by Gasteiger charge is -2.26. The van der Waals surface area contributed by atoms with Crippen LogP contribution in [0.2, 0.25) is 0 Å². The van der Waals surface area contributed by atoms with Gasteiger partial charge >= 0.3 is 0 Å². The van der Waals surface area contributed by atoms with Crippen molar-refractivity contribution in [1.82, 2.24) is 0 Å². The van der Waals surface area contributed by atoms with E-state index in [2.05, 4.69) is 6.92 Å². The fraction of sp³-hybridized carbons (Fsp3) is 1.00. The number of halogens is 1. The zero-order valence-corrected chi connectivity index (χ0v) is 10.5. The highest BCUT2D eigenvalue weighted by atomic mass is 35.5. The summed E-state index contributed by atoms with van der Waals surface area (Å²) in [5, 5.41) is 0. The van der Waals surface area contributed by atoms with Crippen LogP contribution in [0.25, 0.3) is 0 Å². The van der Waals surface area contributed by atoms with Crippen LogP contribution in [0.5, 0.6) is 0 Å². The second kappa shape index (κ2) is 8.37. The molecule has 1 unspecified atom stereocenters. The molecule has 0 aliphatic carbocycles. The van der Waals surface area contributed by atoms with E-state index in [1.165, 1.54) is 25.7 Å². The molecule has 1 heterocycles. The number of ether oxygens (including phenoxy) is 2. The van der Waals surface area contributed by atoms with Gasteiger partial charge in [0.05, 0.1) is 6.10 Å². The van der Waals surface area contributed by atoms with Crippen LogP contribution in [0, 0.1) is 0 Å². The summed E-state index contributed by atoms with van der Waals surface area (Å²) in [6.45, 7) is 3.00. The number of hydrogen-bond acceptors (Lipinski definition) is 2. The van der Waals surface area contributed by atoms with Crippen LogP contribution in [0.4, 0.5) is 0 Å². The van der Waals surface area contributed by atoms with Crippen molar-refractivity contribution < 1.29 is 9.47 Å². The van der Waals surface area contributed by atoms with E-state index in [0.717, 1.165) is 31.7 Å². The largest absolute Gasteiger partial charge is 0.353 e. The maximum Gasteiger partial charge on any atom is 0.157 e. The molecule has 0 N–H and O–H groups in total. The molecule has 90 valence electrons. The van der Waals surface area contributed by atoms with Gasteiger partial charge in [0, 0.05) is 12.5 Å². The third kappa shape index (κ3) is 6.39. The van der Waals surface area contributed by atoms with Gasteiger partial charge in [-0.1, -0.05) is 12.8 Å². The van der Waals surface area contributed by atoms with Gasteiger partial charge in [-0.05, 0) is 39.0 Å². The van der Waals surface area contributed by atoms with Gasteiger partial charge in [0.15, 0.2) is 6.29 Å². The second-order valence-corrected chi connectivity index (χ2v) is 4.66. The third-order valence-corrected chi connectivity index (χ3v) is 3.03. The van der Waals surface area contributed by atoms with Crippen LogP contribution in [-0.4, -0.2) is 24.9 Å². The summed E-state index contributed by atoms with van der Waals surface area (Å²) in [7, 11) is 0. The molecule has 0 radical (unpaired) electrons. The average Bonchev–Trinajstić information content (AvgIpc) is 2.26. The minimum atomic E-state index is 0.0572. The lowest BCUT2D eigenvalue weighted by atomic mass is 10.1. The van der Waals surface area contributed by atoms with Crippen molar-refractivity contribution >= 4 is 11.6 Å². The summed E-state index contributed by atoms with van der Waals surface area (Å²) in [5.41, 5.74) is 0. The van der Waals surface area contributed by atoms with E-state index >= 15 is 0 Å². The van der Waals surface area contributed by atoms with E-state index in [1.807, 2.05) is 0 Å². The summed E-state index contributed by atoms with van der Waals surface area (Å²) in [4.78, 5) is 0. The number of hydrogen-bond donors (Lipinski definition) is 0. The standard InChI is InChI=1S/C12H23ClO2/c1-11(7-3-2-5-9-13)15-12-8-4-6-10-14-12/h11-12H,2-10H2,1H3/t11-,12?/m0/s1. The van der Waals surface area contributed by atoms with E-state index in [4.69, 9.17) is 21.1 Å². The Morgan fingerprint density at radius 1 is 1.33 bits per heavy atom. The van der Waals surface area contributed by atoms with Gasteiger partial charge in [-0.2, -0.15) is 0 Å². The molecule has 0 amide bonds. The van der Waals surface area contributed by atoms with E-state index < -0.39 is 0 Å². The highest BCUT2D eigenvalue weighted by Gasteiger charge is 2.16. The molecule has 2 atom stereocenters. The first-order chi connectivity index (χ1) is 7.33. The lowest BCUT2D eigenvalue weighted by Crippen LogP contribution is -2.26. The van der Waals surface area contributed by atoms with Gasteiger partial charge in [-0.15, -0.1) is 11.6 Å². The van der Waals surface area contributed by atoms with Crippen LogP contribution in [-0.2, 0) is 9.47 Å². The molecule has 0 aromatic heterocycles. The highest BCUT2D eigenvalue weighted by molar-refractivity contribution is 6.17. The van der Waals surface area contributed by atoms with Crippen LogP contribution in [0.1, 0.15) is 51.9 Å². The van der Waals surface area contributed by atoms with Gasteiger partial charge in [0.2, 0.25) is 0 Å². The molecule has 1 aliphatic heterocycles. The Morgan fingerprint density at radius 2 is 2.20 bits per heavy atom. The molecule has 0 aromatic rings. The smallest absolute Gasteiger partial charge is 0.157 e. The summed E-state index contributed by atoms with van der Waals surface area (Å²) < 4.78 is 11.3. The Kier molecular flexibility index (Phi) is 7.41. The summed E-state index contributed by atoms with van der Waals surface area (Å²) >= 11 is 5.62. The van der Waals surface area contributed by atoms with Crippen molar-refractivity contribution in [3.05, 3.63) is 0 Å². The summed E-state index contributed by atoms with van der Waals surface area (Å²) in [6, 6.07) is 0. The van der Waals surface area contributed by atoms with E-state index in [1.54, 1.807) is 0 Å². The van der Waals surface area contributed by atoms with E-state index in [-0.39, 0.29) is 6.29 Å². The Morgan fingerprint density at radius 3 is 2.87 bits per heavy atom. The molecule has 15 heavy (non-hydrogen) atoms. The normalized spacial score (nSPS) is 24.0. The number of rotatable bonds is 7. The minimum absolute atomic E-state index is 0.0572. The van der Waals surface area contributed by atoms with Crippen molar-refractivity contribution in [3.8, 4) is 0 Å². The van der Waals surface area contributed by atoms with Crippen molar-refractivity contribution in [1.29, 1.82) is 0 Å². The molecule has 1 aliphatic rings. The third-order valence-electron chi connectivity index (χ3n) is 2.77. The molecule has 1 saturated heterocycles. The predicted molar refractivity (Wildman–Crippen MR) is 63.3 cm³/mol. The number of alkyl halides is 1. The average molecular weight is 235 g/mol. The van der Waals surface area contributed by atoms with Crippen LogP contribution < -0.4 is 0 Å². The first-order valence-electron chi connectivity index (χ1n) is 6.16. The maximum atomic E-state index is 5.82. The summed E-state index contributed by atoms with van der Waals surface area (Å²) in [6.07, 6.45) is 8.53. The minimum Gasteiger partial charge on any atom is -0.353 e. The quantitative estimate of drug-likeness (QED) is 0.494. The van der Waals surface area contributed by atoms with Gasteiger partial charge in [-0.25, -0.2) is 0 Å². The van der Waals surface area contributed by atoms with Crippen LogP contribution >= 0.6 is 11.6 Å². The van der Waals surface area contributed by atoms with Crippen molar-refractivity contribution in [2.75, 3.05) is 12.5 Å². The van der Waals surface area contributed by atoms with Crippen LogP contribution in [0.3, 0.4) is 0 Å². The molecular weight excluding hydrogens is 212 g/mol. The van der Waals surface area contributed by atoms with Gasteiger partial charge in [-0.3, -0.25) is 0 Å². The fourth-order valence-corrected chi connectivity index (χ4v) is 2.04. The molecule has 3 heteroatoms. The maximum absolute atomic E-state index is 5.82. The molecule has 0 aromatic carbocycles. The Bertz CT molecular complexity index is 147. The van der Waals surface area contributed by atoms with Gasteiger partial charge < -0.3 is 9.47 Å². The molecule has 2 nitrogen and oxygen atoms in total. The zero-order chi connectivity index (χ0) is 10.9. The Balaban J connectivity index is 1.98. The second-order valence-electron chi connectivity index (χ2n) is 4.28. The predicted octanol–water partition coefficient (Wildman–Crippen LogP) is 3.72. The van der Waals surface area contributed by atoms with Gasteiger partial charge in [0.25, 0.3) is 0 Å². The van der Waals surface area contributed by atoms with Crippen LogP contribution in [0.15, 0.2) is 0 Å². The molecule has 0 spiro atoms. The topological polar surface area (TPSA) is 18.5 Å². The first-order valence-corrected chi connectivity index (χ1v) is 6.69. The highest BCUT2D eigenvalue weighted by Crippen LogP contribution is 2.17. The molecule has 0 bridgehead atoms. The van der Waals surface area contributed by atoms with E-state index in [9.17, 15) is 0 Å². The molecular formula is C12H23ClO2. The molecule has 1 fully saturated rings. The van der Waals surface area contributed by atoms with Gasteiger partial charge in [0.1, 0.15) is 0 Å². The van der Waals surface area contributed by atoms with Crippen molar-refractivity contribution in [2.24, 2.45) is 0 Å². The summed E-state index contributed by atoms with van der Waals surface area (Å²) in [5.74, 6) is 0.779. The SMILES string of the molecule is C[C@@H](CCCCCCl)OC1CCCCO1. The number of unbranched alkanes of at least 4 members (excludes halogenated alkanes) is 2.